The van der Waals surface area contributed by atoms with Gasteiger partial charge in [0, 0.05) is 18.5 Å². The van der Waals surface area contributed by atoms with E-state index in [0.29, 0.717) is 41.7 Å². The summed E-state index contributed by atoms with van der Waals surface area (Å²) < 4.78 is 1.91. The molecule has 1 saturated carbocycles. The Morgan fingerprint density at radius 2 is 2.00 bits per heavy atom. The van der Waals surface area contributed by atoms with Gasteiger partial charge in [-0.25, -0.2) is 15.0 Å². The molecule has 0 aliphatic heterocycles. The predicted molar refractivity (Wildman–Crippen MR) is 91.6 cm³/mol. The SMILES string of the molecule is O=CNc1cc(NCc2cn3cc(C4CC4)cc(C=O)c3n2)ncn1. The van der Waals surface area contributed by atoms with Crippen molar-refractivity contribution in [3.63, 3.8) is 0 Å². The molecule has 8 nitrogen and oxygen atoms in total. The molecular weight excluding hydrogens is 320 g/mol. The van der Waals surface area contributed by atoms with Crippen molar-refractivity contribution in [1.29, 1.82) is 0 Å². The van der Waals surface area contributed by atoms with Gasteiger partial charge in [-0.15, -0.1) is 0 Å². The maximum Gasteiger partial charge on any atom is 0.212 e. The van der Waals surface area contributed by atoms with E-state index in [0.717, 1.165) is 12.0 Å². The molecule has 4 rings (SSSR count). The summed E-state index contributed by atoms with van der Waals surface area (Å²) in [6.45, 7) is 0.441. The van der Waals surface area contributed by atoms with Crippen LogP contribution < -0.4 is 10.6 Å². The Kier molecular flexibility index (Phi) is 3.85. The van der Waals surface area contributed by atoms with Crippen molar-refractivity contribution in [3.8, 4) is 0 Å². The van der Waals surface area contributed by atoms with Gasteiger partial charge in [-0.2, -0.15) is 0 Å². The average Bonchev–Trinajstić information content (AvgIpc) is 3.39. The molecule has 0 spiro atoms. The van der Waals surface area contributed by atoms with Crippen LogP contribution in [0.3, 0.4) is 0 Å². The zero-order valence-electron chi connectivity index (χ0n) is 13.3. The van der Waals surface area contributed by atoms with Gasteiger partial charge in [0.15, 0.2) is 6.29 Å². The number of carbonyl (C=O) groups is 2. The van der Waals surface area contributed by atoms with Gasteiger partial charge < -0.3 is 15.0 Å². The van der Waals surface area contributed by atoms with Crippen molar-refractivity contribution < 1.29 is 9.59 Å². The van der Waals surface area contributed by atoms with E-state index in [9.17, 15) is 9.59 Å². The van der Waals surface area contributed by atoms with Crippen molar-refractivity contribution in [2.24, 2.45) is 0 Å². The lowest BCUT2D eigenvalue weighted by molar-refractivity contribution is -0.105. The average molecular weight is 336 g/mol. The first kappa shape index (κ1) is 15.3. The zero-order chi connectivity index (χ0) is 17.2. The van der Waals surface area contributed by atoms with E-state index >= 15 is 0 Å². The van der Waals surface area contributed by atoms with E-state index in [1.54, 1.807) is 6.07 Å². The number of nitrogens with zero attached hydrogens (tertiary/aromatic N) is 4. The molecule has 3 aromatic rings. The molecule has 1 amide bonds. The molecule has 0 aromatic carbocycles. The molecule has 0 saturated heterocycles. The Morgan fingerprint density at radius 1 is 1.16 bits per heavy atom. The fraction of sp³-hybridized carbons (Fsp3) is 0.235. The van der Waals surface area contributed by atoms with Crippen LogP contribution in [0.15, 0.2) is 30.9 Å². The minimum Gasteiger partial charge on any atom is -0.364 e. The van der Waals surface area contributed by atoms with Crippen LogP contribution >= 0.6 is 0 Å². The number of amides is 1. The highest BCUT2D eigenvalue weighted by Gasteiger charge is 2.25. The summed E-state index contributed by atoms with van der Waals surface area (Å²) >= 11 is 0. The smallest absolute Gasteiger partial charge is 0.212 e. The zero-order valence-corrected chi connectivity index (χ0v) is 13.3. The van der Waals surface area contributed by atoms with Gasteiger partial charge in [-0.3, -0.25) is 9.59 Å². The summed E-state index contributed by atoms with van der Waals surface area (Å²) in [6.07, 6.45) is 9.10. The lowest BCUT2D eigenvalue weighted by Crippen LogP contribution is -2.04. The Bertz CT molecular complexity index is 947. The first-order chi connectivity index (χ1) is 12.3. The number of hydrogen-bond donors (Lipinski definition) is 2. The third-order valence-corrected chi connectivity index (χ3v) is 4.15. The van der Waals surface area contributed by atoms with Crippen molar-refractivity contribution in [2.75, 3.05) is 10.6 Å². The van der Waals surface area contributed by atoms with E-state index in [-0.39, 0.29) is 0 Å². The number of imidazole rings is 1. The molecule has 0 radical (unpaired) electrons. The summed E-state index contributed by atoms with van der Waals surface area (Å²) in [6, 6.07) is 3.57. The monoisotopic (exact) mass is 336 g/mol. The van der Waals surface area contributed by atoms with Gasteiger partial charge >= 0.3 is 0 Å². The molecular formula is C17H16N6O2. The standard InChI is InChI=1S/C17H16N6O2/c24-8-13-3-12(11-1-2-11)6-23-7-14(22-17(13)23)5-18-15-4-16(21-10-25)20-9-19-15/h3-4,6-11H,1-2,5H2,(H2,18,19,20,21,25). The van der Waals surface area contributed by atoms with Crippen LogP contribution in [0.1, 0.15) is 40.4 Å². The molecule has 25 heavy (non-hydrogen) atoms. The fourth-order valence-electron chi connectivity index (χ4n) is 2.78. The van der Waals surface area contributed by atoms with Crippen molar-refractivity contribution in [3.05, 3.63) is 47.7 Å². The largest absolute Gasteiger partial charge is 0.364 e. The van der Waals surface area contributed by atoms with Crippen LogP contribution in [0.5, 0.6) is 0 Å². The summed E-state index contributed by atoms with van der Waals surface area (Å²) in [4.78, 5) is 34.4. The van der Waals surface area contributed by atoms with Gasteiger partial charge in [0.1, 0.15) is 23.6 Å². The Morgan fingerprint density at radius 3 is 2.76 bits per heavy atom. The quantitative estimate of drug-likeness (QED) is 0.640. The molecule has 1 aliphatic rings. The molecule has 2 N–H and O–H groups in total. The third-order valence-electron chi connectivity index (χ3n) is 4.15. The first-order valence-corrected chi connectivity index (χ1v) is 7.99. The predicted octanol–water partition coefficient (Wildman–Crippen LogP) is 1.99. The minimum atomic E-state index is 0.416. The molecule has 3 heterocycles. The van der Waals surface area contributed by atoms with E-state index < -0.39 is 0 Å². The molecule has 1 fully saturated rings. The second-order valence-electron chi connectivity index (χ2n) is 5.99. The highest BCUT2D eigenvalue weighted by atomic mass is 16.1. The Balaban J connectivity index is 1.56. The van der Waals surface area contributed by atoms with Gasteiger partial charge in [-0.05, 0) is 30.4 Å². The van der Waals surface area contributed by atoms with Gasteiger partial charge in [0.2, 0.25) is 6.41 Å². The van der Waals surface area contributed by atoms with Gasteiger partial charge in [-0.1, -0.05) is 0 Å². The maximum absolute atomic E-state index is 11.4. The van der Waals surface area contributed by atoms with E-state index in [1.165, 1.54) is 24.7 Å². The van der Waals surface area contributed by atoms with Crippen LogP contribution in [0, 0.1) is 0 Å². The normalized spacial score (nSPS) is 13.6. The fourth-order valence-corrected chi connectivity index (χ4v) is 2.78. The first-order valence-electron chi connectivity index (χ1n) is 7.99. The van der Waals surface area contributed by atoms with Gasteiger partial charge in [0.05, 0.1) is 17.8 Å². The number of carbonyl (C=O) groups excluding carboxylic acids is 2. The van der Waals surface area contributed by atoms with Crippen LogP contribution in [-0.4, -0.2) is 32.0 Å². The Labute approximate surface area is 143 Å². The van der Waals surface area contributed by atoms with Crippen molar-refractivity contribution >= 4 is 30.0 Å². The van der Waals surface area contributed by atoms with E-state index in [1.807, 2.05) is 22.9 Å². The lowest BCUT2D eigenvalue weighted by atomic mass is 10.1. The summed E-state index contributed by atoms with van der Waals surface area (Å²) in [5.74, 6) is 1.56. The summed E-state index contributed by atoms with van der Waals surface area (Å²) in [5, 5.41) is 5.61. The van der Waals surface area contributed by atoms with Crippen LogP contribution in [0.25, 0.3) is 5.65 Å². The number of hydrogen-bond acceptors (Lipinski definition) is 6. The Hall–Kier alpha value is -3.29. The van der Waals surface area contributed by atoms with Crippen molar-refractivity contribution in [2.45, 2.75) is 25.3 Å². The molecule has 0 unspecified atom stereocenters. The van der Waals surface area contributed by atoms with Crippen LogP contribution in [-0.2, 0) is 11.3 Å². The lowest BCUT2D eigenvalue weighted by Gasteiger charge is -2.04. The summed E-state index contributed by atoms with van der Waals surface area (Å²) in [7, 11) is 0. The number of fused-ring (bicyclic) bond motifs is 1. The molecule has 8 heteroatoms. The topological polar surface area (TPSA) is 101 Å². The highest BCUT2D eigenvalue weighted by Crippen LogP contribution is 2.40. The maximum atomic E-state index is 11.4. The molecule has 126 valence electrons. The van der Waals surface area contributed by atoms with Gasteiger partial charge in [0.25, 0.3) is 0 Å². The molecule has 0 bridgehead atoms. The molecule has 1 aliphatic carbocycles. The number of nitrogens with one attached hydrogen (secondary N) is 2. The number of rotatable bonds is 7. The number of anilines is 2. The van der Waals surface area contributed by atoms with E-state index in [4.69, 9.17) is 0 Å². The van der Waals surface area contributed by atoms with Crippen LogP contribution in [0.2, 0.25) is 0 Å². The highest BCUT2D eigenvalue weighted by molar-refractivity contribution is 5.84. The number of aromatic nitrogens is 4. The molecule has 0 atom stereocenters. The second kappa shape index (κ2) is 6.31. The minimum absolute atomic E-state index is 0.416. The number of pyridine rings is 1. The van der Waals surface area contributed by atoms with Crippen LogP contribution in [0.4, 0.5) is 11.6 Å². The third kappa shape index (κ3) is 3.18. The molecule has 3 aromatic heterocycles. The van der Waals surface area contributed by atoms with Crippen molar-refractivity contribution in [1.82, 2.24) is 19.4 Å². The second-order valence-corrected chi connectivity index (χ2v) is 5.99. The van der Waals surface area contributed by atoms with E-state index in [2.05, 4.69) is 25.6 Å². The number of aldehydes is 1. The summed E-state index contributed by atoms with van der Waals surface area (Å²) in [5.41, 5.74) is 3.24.